The molecule has 0 aliphatic rings. The third-order valence-corrected chi connectivity index (χ3v) is 2.47. The Morgan fingerprint density at radius 1 is 1.44 bits per heavy atom. The highest BCUT2D eigenvalue weighted by Gasteiger charge is 2.19. The van der Waals surface area contributed by atoms with Crippen LogP contribution in [0.2, 0.25) is 0 Å². The van der Waals surface area contributed by atoms with Crippen LogP contribution in [-0.2, 0) is 9.59 Å². The Bertz CT molecular complexity index is 447. The Balaban J connectivity index is 2.90. The average molecular weight is 252 g/mol. The van der Waals surface area contributed by atoms with Gasteiger partial charge in [0.2, 0.25) is 0 Å². The molecule has 0 saturated heterocycles. The van der Waals surface area contributed by atoms with Crippen LogP contribution in [0.5, 0.6) is 0 Å². The van der Waals surface area contributed by atoms with Crippen molar-refractivity contribution in [3.63, 3.8) is 0 Å². The van der Waals surface area contributed by atoms with E-state index in [2.05, 4.69) is 4.98 Å². The van der Waals surface area contributed by atoms with Gasteiger partial charge in [-0.25, -0.2) is 4.98 Å². The van der Waals surface area contributed by atoms with Gasteiger partial charge in [-0.15, -0.1) is 0 Å². The summed E-state index contributed by atoms with van der Waals surface area (Å²) >= 11 is 0. The van der Waals surface area contributed by atoms with Crippen LogP contribution in [-0.4, -0.2) is 40.2 Å². The number of carboxylic acids is 2. The van der Waals surface area contributed by atoms with Gasteiger partial charge in [-0.1, -0.05) is 6.92 Å². The smallest absolute Gasteiger partial charge is 0.323 e. The van der Waals surface area contributed by atoms with Gasteiger partial charge in [0, 0.05) is 12.7 Å². The summed E-state index contributed by atoms with van der Waals surface area (Å²) in [6.07, 6.45) is 1.57. The fourth-order valence-corrected chi connectivity index (χ4v) is 1.50. The molecule has 6 heteroatoms. The Kier molecular flexibility index (Phi) is 4.65. The molecule has 0 bridgehead atoms. The van der Waals surface area contributed by atoms with E-state index >= 15 is 0 Å². The maximum atomic E-state index is 10.8. The minimum absolute atomic E-state index is 0.109. The first kappa shape index (κ1) is 14.0. The molecule has 0 amide bonds. The topological polar surface area (TPSA) is 90.7 Å². The monoisotopic (exact) mass is 252 g/mol. The zero-order valence-corrected chi connectivity index (χ0v) is 10.3. The largest absolute Gasteiger partial charge is 0.481 e. The van der Waals surface area contributed by atoms with Gasteiger partial charge < -0.3 is 15.1 Å². The van der Waals surface area contributed by atoms with Crippen LogP contribution in [0, 0.1) is 12.8 Å². The number of rotatable bonds is 6. The van der Waals surface area contributed by atoms with Gasteiger partial charge in [0.15, 0.2) is 0 Å². The molecule has 1 aromatic heterocycles. The number of nitrogens with zero attached hydrogens (tertiary/aromatic N) is 2. The van der Waals surface area contributed by atoms with E-state index in [1.165, 1.54) is 11.8 Å². The number of anilines is 1. The van der Waals surface area contributed by atoms with E-state index in [0.717, 1.165) is 5.56 Å². The van der Waals surface area contributed by atoms with E-state index in [-0.39, 0.29) is 13.1 Å². The Hall–Kier alpha value is -2.11. The van der Waals surface area contributed by atoms with Crippen molar-refractivity contribution in [2.45, 2.75) is 13.8 Å². The predicted molar refractivity (Wildman–Crippen MR) is 65.6 cm³/mol. The van der Waals surface area contributed by atoms with Crippen LogP contribution >= 0.6 is 0 Å². The molecular weight excluding hydrogens is 236 g/mol. The summed E-state index contributed by atoms with van der Waals surface area (Å²) in [6, 6.07) is 3.53. The van der Waals surface area contributed by atoms with Gasteiger partial charge in [0.05, 0.1) is 5.92 Å². The molecule has 1 unspecified atom stereocenters. The van der Waals surface area contributed by atoms with Crippen molar-refractivity contribution >= 4 is 17.8 Å². The second-order valence-corrected chi connectivity index (χ2v) is 4.20. The van der Waals surface area contributed by atoms with Gasteiger partial charge in [-0.2, -0.15) is 0 Å². The molecule has 0 spiro atoms. The number of hydrogen-bond acceptors (Lipinski definition) is 4. The van der Waals surface area contributed by atoms with E-state index in [0.29, 0.717) is 5.82 Å². The highest BCUT2D eigenvalue weighted by atomic mass is 16.4. The number of aliphatic carboxylic acids is 2. The molecule has 6 nitrogen and oxygen atoms in total. The van der Waals surface area contributed by atoms with E-state index in [4.69, 9.17) is 10.2 Å². The third-order valence-electron chi connectivity index (χ3n) is 2.47. The van der Waals surface area contributed by atoms with E-state index in [1.54, 1.807) is 18.3 Å². The Morgan fingerprint density at radius 3 is 2.61 bits per heavy atom. The summed E-state index contributed by atoms with van der Waals surface area (Å²) in [7, 11) is 0. The fourth-order valence-electron chi connectivity index (χ4n) is 1.50. The van der Waals surface area contributed by atoms with Gasteiger partial charge in [0.25, 0.3) is 0 Å². The first-order chi connectivity index (χ1) is 8.40. The highest BCUT2D eigenvalue weighted by Crippen LogP contribution is 2.14. The van der Waals surface area contributed by atoms with Crippen molar-refractivity contribution in [3.05, 3.63) is 23.9 Å². The van der Waals surface area contributed by atoms with Gasteiger partial charge in [-0.3, -0.25) is 9.59 Å². The maximum absolute atomic E-state index is 10.8. The second kappa shape index (κ2) is 6.00. The lowest BCUT2D eigenvalue weighted by Crippen LogP contribution is -2.36. The molecule has 0 aromatic carbocycles. The van der Waals surface area contributed by atoms with Crippen molar-refractivity contribution in [3.8, 4) is 0 Å². The van der Waals surface area contributed by atoms with E-state index < -0.39 is 17.9 Å². The van der Waals surface area contributed by atoms with Crippen LogP contribution in [0.15, 0.2) is 18.3 Å². The number of pyridine rings is 1. The standard InChI is InChI=1S/C12H16N2O4/c1-8-3-4-13-10(5-8)14(7-11(15)16)6-9(2)12(17)18/h3-5,9H,6-7H2,1-2H3,(H,15,16)(H,17,18). The number of aromatic nitrogens is 1. The van der Waals surface area contributed by atoms with Crippen molar-refractivity contribution < 1.29 is 19.8 Å². The maximum Gasteiger partial charge on any atom is 0.323 e. The number of carbonyl (C=O) groups is 2. The summed E-state index contributed by atoms with van der Waals surface area (Å²) in [4.78, 5) is 27.2. The highest BCUT2D eigenvalue weighted by molar-refractivity contribution is 5.74. The molecule has 18 heavy (non-hydrogen) atoms. The minimum atomic E-state index is -1.02. The van der Waals surface area contributed by atoms with E-state index in [9.17, 15) is 9.59 Å². The molecule has 0 saturated carbocycles. The molecule has 0 fully saturated rings. The quantitative estimate of drug-likeness (QED) is 0.785. The number of carboxylic acid groups (broad SMARTS) is 2. The fraction of sp³-hybridized carbons (Fsp3) is 0.417. The molecule has 0 aliphatic heterocycles. The normalized spacial score (nSPS) is 11.9. The average Bonchev–Trinajstić information content (AvgIpc) is 2.27. The first-order valence-corrected chi connectivity index (χ1v) is 5.52. The predicted octanol–water partition coefficient (Wildman–Crippen LogP) is 1.00. The van der Waals surface area contributed by atoms with Gasteiger partial charge in [-0.05, 0) is 24.6 Å². The summed E-state index contributed by atoms with van der Waals surface area (Å²) < 4.78 is 0. The lowest BCUT2D eigenvalue weighted by atomic mass is 10.1. The van der Waals surface area contributed by atoms with Crippen LogP contribution < -0.4 is 4.90 Å². The SMILES string of the molecule is Cc1ccnc(N(CC(=O)O)CC(C)C(=O)O)c1. The summed E-state index contributed by atoms with van der Waals surface area (Å²) in [5, 5.41) is 17.7. The van der Waals surface area contributed by atoms with Crippen molar-refractivity contribution in [1.82, 2.24) is 4.98 Å². The zero-order chi connectivity index (χ0) is 13.7. The molecule has 1 heterocycles. The lowest BCUT2D eigenvalue weighted by Gasteiger charge is -2.23. The van der Waals surface area contributed by atoms with Crippen molar-refractivity contribution in [2.75, 3.05) is 18.0 Å². The summed E-state index contributed by atoms with van der Waals surface area (Å²) in [6.45, 7) is 3.24. The van der Waals surface area contributed by atoms with Crippen LogP contribution in [0.4, 0.5) is 5.82 Å². The minimum Gasteiger partial charge on any atom is -0.481 e. The Labute approximate surface area is 105 Å². The first-order valence-electron chi connectivity index (χ1n) is 5.52. The zero-order valence-electron chi connectivity index (χ0n) is 10.3. The molecule has 1 atom stereocenters. The molecule has 1 aromatic rings. The lowest BCUT2D eigenvalue weighted by molar-refractivity contribution is -0.141. The van der Waals surface area contributed by atoms with Crippen LogP contribution in [0.3, 0.4) is 0 Å². The molecule has 2 N–H and O–H groups in total. The molecule has 1 rings (SSSR count). The number of aryl methyl sites for hydroxylation is 1. The van der Waals surface area contributed by atoms with Crippen LogP contribution in [0.25, 0.3) is 0 Å². The van der Waals surface area contributed by atoms with Crippen molar-refractivity contribution in [2.24, 2.45) is 5.92 Å². The second-order valence-electron chi connectivity index (χ2n) is 4.20. The Morgan fingerprint density at radius 2 is 2.11 bits per heavy atom. The molecule has 0 radical (unpaired) electrons. The molecule has 0 aliphatic carbocycles. The summed E-state index contributed by atoms with van der Waals surface area (Å²) in [5.74, 6) is -2.16. The van der Waals surface area contributed by atoms with Gasteiger partial charge in [0.1, 0.15) is 12.4 Å². The molecule has 98 valence electrons. The molecular formula is C12H16N2O4. The van der Waals surface area contributed by atoms with Crippen molar-refractivity contribution in [1.29, 1.82) is 0 Å². The summed E-state index contributed by atoms with van der Waals surface area (Å²) in [5.41, 5.74) is 0.943. The third kappa shape index (κ3) is 4.04. The van der Waals surface area contributed by atoms with Gasteiger partial charge >= 0.3 is 11.9 Å². The van der Waals surface area contributed by atoms with Crippen LogP contribution in [0.1, 0.15) is 12.5 Å². The van der Waals surface area contributed by atoms with E-state index in [1.807, 2.05) is 6.92 Å². The number of hydrogen-bond donors (Lipinski definition) is 2.